The lowest BCUT2D eigenvalue weighted by Gasteiger charge is -2.04. The van der Waals surface area contributed by atoms with Gasteiger partial charge in [-0.05, 0) is 12.1 Å². The van der Waals surface area contributed by atoms with Crippen LogP contribution >= 0.6 is 0 Å². The van der Waals surface area contributed by atoms with Crippen LogP contribution in [0.5, 0.6) is 5.75 Å². The molecule has 0 aliphatic carbocycles. The second-order valence-electron chi connectivity index (χ2n) is 3.57. The van der Waals surface area contributed by atoms with Crippen molar-refractivity contribution in [3.63, 3.8) is 0 Å². The van der Waals surface area contributed by atoms with Gasteiger partial charge in [-0.25, -0.2) is 4.79 Å². The maximum atomic E-state index is 11.5. The van der Waals surface area contributed by atoms with Crippen molar-refractivity contribution in [1.82, 2.24) is 10.2 Å². The van der Waals surface area contributed by atoms with Crippen LogP contribution in [-0.4, -0.2) is 15.3 Å². The monoisotopic (exact) mass is 228 g/mol. The molecule has 3 aromatic rings. The molecule has 0 radical (unpaired) electrons. The molecule has 1 aromatic carbocycles. The standard InChI is InChI=1S/C12H8N2O3/c15-11-10(8-5-6-13-14-8)7-3-1-2-4-9(7)17-12(11)16/h1-6,15H,(H,13,14). The van der Waals surface area contributed by atoms with E-state index in [4.69, 9.17) is 4.42 Å². The first-order valence-corrected chi connectivity index (χ1v) is 5.02. The van der Waals surface area contributed by atoms with E-state index in [0.717, 1.165) is 0 Å². The van der Waals surface area contributed by atoms with Gasteiger partial charge in [0.1, 0.15) is 5.58 Å². The van der Waals surface area contributed by atoms with Gasteiger partial charge in [0, 0.05) is 11.6 Å². The molecule has 2 aromatic heterocycles. The molecule has 0 amide bonds. The maximum absolute atomic E-state index is 11.5. The van der Waals surface area contributed by atoms with Crippen molar-refractivity contribution in [2.45, 2.75) is 0 Å². The highest BCUT2D eigenvalue weighted by atomic mass is 16.4. The molecule has 5 heteroatoms. The predicted octanol–water partition coefficient (Wildman–Crippen LogP) is 1.89. The molecule has 0 atom stereocenters. The fourth-order valence-electron chi connectivity index (χ4n) is 1.80. The Morgan fingerprint density at radius 2 is 2.06 bits per heavy atom. The molecule has 0 bridgehead atoms. The largest absolute Gasteiger partial charge is 0.501 e. The van der Waals surface area contributed by atoms with Crippen LogP contribution in [0.1, 0.15) is 0 Å². The molecule has 0 unspecified atom stereocenters. The number of aromatic nitrogens is 2. The topological polar surface area (TPSA) is 79.1 Å². The van der Waals surface area contributed by atoms with Gasteiger partial charge in [0.05, 0.1) is 11.3 Å². The van der Waals surface area contributed by atoms with Crippen LogP contribution in [0.15, 0.2) is 45.7 Å². The van der Waals surface area contributed by atoms with Crippen molar-refractivity contribution in [2.75, 3.05) is 0 Å². The number of aromatic hydroxyl groups is 1. The predicted molar refractivity (Wildman–Crippen MR) is 61.7 cm³/mol. The van der Waals surface area contributed by atoms with E-state index in [2.05, 4.69) is 10.2 Å². The number of nitrogens with zero attached hydrogens (tertiary/aromatic N) is 1. The minimum absolute atomic E-state index is 0.387. The third-order valence-corrected chi connectivity index (χ3v) is 2.55. The Balaban J connectivity index is 2.50. The van der Waals surface area contributed by atoms with Gasteiger partial charge in [-0.15, -0.1) is 0 Å². The van der Waals surface area contributed by atoms with E-state index in [1.807, 2.05) is 0 Å². The zero-order valence-electron chi connectivity index (χ0n) is 8.68. The minimum Gasteiger partial charge on any atom is -0.501 e. The second kappa shape index (κ2) is 3.48. The smallest absolute Gasteiger partial charge is 0.379 e. The van der Waals surface area contributed by atoms with E-state index < -0.39 is 11.4 Å². The number of fused-ring (bicyclic) bond motifs is 1. The van der Waals surface area contributed by atoms with Gasteiger partial charge >= 0.3 is 5.63 Å². The minimum atomic E-state index is -0.762. The summed E-state index contributed by atoms with van der Waals surface area (Å²) >= 11 is 0. The highest BCUT2D eigenvalue weighted by molar-refractivity contribution is 5.94. The van der Waals surface area contributed by atoms with Crippen molar-refractivity contribution >= 4 is 11.0 Å². The van der Waals surface area contributed by atoms with Crippen LogP contribution < -0.4 is 5.63 Å². The Bertz CT molecular complexity index is 729. The highest BCUT2D eigenvalue weighted by Crippen LogP contribution is 2.32. The average Bonchev–Trinajstić information content (AvgIpc) is 2.84. The van der Waals surface area contributed by atoms with Gasteiger partial charge in [0.2, 0.25) is 5.75 Å². The number of para-hydroxylation sites is 1. The maximum Gasteiger partial charge on any atom is 0.379 e. The van der Waals surface area contributed by atoms with Crippen LogP contribution in [0.4, 0.5) is 0 Å². The van der Waals surface area contributed by atoms with Crippen molar-refractivity contribution in [2.24, 2.45) is 0 Å². The van der Waals surface area contributed by atoms with Crippen LogP contribution in [0.25, 0.3) is 22.2 Å². The average molecular weight is 228 g/mol. The summed E-state index contributed by atoms with van der Waals surface area (Å²) in [6, 6.07) is 8.68. The van der Waals surface area contributed by atoms with Gasteiger partial charge in [-0.1, -0.05) is 18.2 Å². The number of H-pyrrole nitrogens is 1. The van der Waals surface area contributed by atoms with E-state index in [-0.39, 0.29) is 0 Å². The Morgan fingerprint density at radius 3 is 2.82 bits per heavy atom. The van der Waals surface area contributed by atoms with E-state index in [0.29, 0.717) is 22.2 Å². The summed E-state index contributed by atoms with van der Waals surface area (Å²) in [7, 11) is 0. The van der Waals surface area contributed by atoms with Gasteiger partial charge in [0.15, 0.2) is 0 Å². The summed E-state index contributed by atoms with van der Waals surface area (Å²) in [6.07, 6.45) is 1.62. The first-order valence-electron chi connectivity index (χ1n) is 5.02. The lowest BCUT2D eigenvalue weighted by molar-refractivity contribution is 0.430. The number of hydrogen-bond acceptors (Lipinski definition) is 4. The highest BCUT2D eigenvalue weighted by Gasteiger charge is 2.16. The normalized spacial score (nSPS) is 10.8. The van der Waals surface area contributed by atoms with Gasteiger partial charge in [-0.3, -0.25) is 5.10 Å². The molecule has 0 spiro atoms. The Hall–Kier alpha value is -2.56. The van der Waals surface area contributed by atoms with Crippen LogP contribution in [0.3, 0.4) is 0 Å². The van der Waals surface area contributed by atoms with Crippen molar-refractivity contribution in [1.29, 1.82) is 0 Å². The molecule has 2 N–H and O–H groups in total. The lowest BCUT2D eigenvalue weighted by atomic mass is 10.1. The summed E-state index contributed by atoms with van der Waals surface area (Å²) in [5, 5.41) is 17.1. The number of hydrogen-bond donors (Lipinski definition) is 2. The van der Waals surface area contributed by atoms with Crippen molar-refractivity contribution < 1.29 is 9.52 Å². The summed E-state index contributed by atoms with van der Waals surface area (Å²) in [6.45, 7) is 0. The summed E-state index contributed by atoms with van der Waals surface area (Å²) < 4.78 is 4.99. The number of nitrogens with one attached hydrogen (secondary N) is 1. The van der Waals surface area contributed by atoms with Crippen LogP contribution in [0, 0.1) is 0 Å². The van der Waals surface area contributed by atoms with E-state index in [1.54, 1.807) is 36.5 Å². The molecular formula is C12H8N2O3. The molecule has 0 fully saturated rings. The molecular weight excluding hydrogens is 220 g/mol. The number of benzene rings is 1. The zero-order chi connectivity index (χ0) is 11.8. The Kier molecular flexibility index (Phi) is 1.98. The SMILES string of the molecule is O=c1oc2ccccc2c(-c2cc[nH]n2)c1O. The molecule has 0 saturated heterocycles. The molecule has 0 saturated carbocycles. The van der Waals surface area contributed by atoms with Crippen molar-refractivity contribution in [3.05, 3.63) is 46.9 Å². The van der Waals surface area contributed by atoms with Gasteiger partial charge < -0.3 is 9.52 Å². The van der Waals surface area contributed by atoms with Crippen molar-refractivity contribution in [3.8, 4) is 17.0 Å². The summed E-state index contributed by atoms with van der Waals surface area (Å²) in [5.41, 5.74) is 0.555. The fraction of sp³-hybridized carbons (Fsp3) is 0. The lowest BCUT2D eigenvalue weighted by Crippen LogP contribution is -2.00. The molecule has 3 rings (SSSR count). The van der Waals surface area contributed by atoms with Crippen LogP contribution in [0.2, 0.25) is 0 Å². The first-order chi connectivity index (χ1) is 8.27. The third kappa shape index (κ3) is 1.40. The Morgan fingerprint density at radius 1 is 1.24 bits per heavy atom. The van der Waals surface area contributed by atoms with E-state index in [1.165, 1.54) is 0 Å². The Labute approximate surface area is 95.3 Å². The van der Waals surface area contributed by atoms with E-state index >= 15 is 0 Å². The number of aromatic amines is 1. The van der Waals surface area contributed by atoms with E-state index in [9.17, 15) is 9.90 Å². The molecule has 0 aliphatic rings. The quantitative estimate of drug-likeness (QED) is 0.623. The number of rotatable bonds is 1. The molecule has 84 valence electrons. The van der Waals surface area contributed by atoms with Gasteiger partial charge in [0.25, 0.3) is 0 Å². The zero-order valence-corrected chi connectivity index (χ0v) is 8.68. The molecule has 5 nitrogen and oxygen atoms in total. The summed E-state index contributed by atoms with van der Waals surface area (Å²) in [5.74, 6) is -0.421. The first kappa shape index (κ1) is 9.65. The fourth-order valence-corrected chi connectivity index (χ4v) is 1.80. The van der Waals surface area contributed by atoms with Crippen LogP contribution in [-0.2, 0) is 0 Å². The molecule has 0 aliphatic heterocycles. The third-order valence-electron chi connectivity index (χ3n) is 2.55. The summed E-state index contributed by atoms with van der Waals surface area (Å²) in [4.78, 5) is 11.5. The molecule has 17 heavy (non-hydrogen) atoms. The van der Waals surface area contributed by atoms with Gasteiger partial charge in [-0.2, -0.15) is 5.10 Å². The molecule has 2 heterocycles. The second-order valence-corrected chi connectivity index (χ2v) is 3.57.